The quantitative estimate of drug-likeness (QED) is 0.638. The van der Waals surface area contributed by atoms with Gasteiger partial charge in [-0.15, -0.1) is 0 Å². The van der Waals surface area contributed by atoms with Crippen LogP contribution in [0.25, 0.3) is 10.9 Å². The van der Waals surface area contributed by atoms with Crippen molar-refractivity contribution in [2.45, 2.75) is 32.0 Å². The Morgan fingerprint density at radius 2 is 2.04 bits per heavy atom. The van der Waals surface area contributed by atoms with E-state index in [0.717, 1.165) is 30.6 Å². The predicted octanol–water partition coefficient (Wildman–Crippen LogP) is 3.77. The van der Waals surface area contributed by atoms with Gasteiger partial charge in [0, 0.05) is 24.8 Å². The van der Waals surface area contributed by atoms with E-state index in [1.54, 1.807) is 24.4 Å². The number of fused-ring (bicyclic) bond motifs is 1. The topological polar surface area (TPSA) is 96.6 Å². The molecule has 2 aromatic rings. The summed E-state index contributed by atoms with van der Waals surface area (Å²) in [6, 6.07) is 7.39. The van der Waals surface area contributed by atoms with E-state index in [0.29, 0.717) is 11.4 Å². The van der Waals surface area contributed by atoms with E-state index in [2.05, 4.69) is 16.8 Å². The van der Waals surface area contributed by atoms with Crippen LogP contribution in [-0.4, -0.2) is 39.7 Å². The third-order valence-corrected chi connectivity index (χ3v) is 4.03. The molecule has 0 bridgehead atoms. The second-order valence-corrected chi connectivity index (χ2v) is 5.75. The molecule has 0 unspecified atom stereocenters. The Morgan fingerprint density at radius 3 is 2.54 bits per heavy atom. The number of nitro groups is 1. The molecule has 1 fully saturated rings. The summed E-state index contributed by atoms with van der Waals surface area (Å²) < 4.78 is 31.7. The summed E-state index contributed by atoms with van der Waals surface area (Å²) in [7, 11) is 0. The molecule has 0 aliphatic carbocycles. The molecule has 10 heteroatoms. The van der Waals surface area contributed by atoms with Crippen molar-refractivity contribution in [1.29, 1.82) is 0 Å². The number of aromatic nitrogens is 1. The zero-order valence-electron chi connectivity index (χ0n) is 13.7. The van der Waals surface area contributed by atoms with Gasteiger partial charge in [0.25, 0.3) is 5.69 Å². The summed E-state index contributed by atoms with van der Waals surface area (Å²) >= 11 is 0. The average Bonchev–Trinajstić information content (AvgIpc) is 2.99. The zero-order valence-corrected chi connectivity index (χ0v) is 13.7. The molecule has 1 saturated heterocycles. The number of anilines is 1. The number of rotatable bonds is 2. The van der Waals surface area contributed by atoms with E-state index in [1.807, 2.05) is 6.07 Å². The van der Waals surface area contributed by atoms with Gasteiger partial charge in [0.1, 0.15) is 5.52 Å². The van der Waals surface area contributed by atoms with Crippen LogP contribution in [0.1, 0.15) is 19.8 Å². The fraction of sp³-hybridized carbons (Fsp3) is 0.375. The van der Waals surface area contributed by atoms with Gasteiger partial charge in [-0.05, 0) is 38.0 Å². The molecule has 0 saturated carbocycles. The molecule has 1 aliphatic rings. The number of carboxylic acids is 1. The van der Waals surface area contributed by atoms with E-state index >= 15 is 0 Å². The highest BCUT2D eigenvalue weighted by Crippen LogP contribution is 2.35. The van der Waals surface area contributed by atoms with Gasteiger partial charge in [-0.25, -0.2) is 4.79 Å². The van der Waals surface area contributed by atoms with Gasteiger partial charge in [-0.2, -0.15) is 13.2 Å². The van der Waals surface area contributed by atoms with E-state index in [9.17, 15) is 23.3 Å². The first kappa shape index (κ1) is 19.4. The minimum atomic E-state index is -5.08. The molecule has 26 heavy (non-hydrogen) atoms. The molecule has 1 aromatic heterocycles. The number of carboxylic acid groups (broad SMARTS) is 1. The Balaban J connectivity index is 0.000000298. The van der Waals surface area contributed by atoms with Gasteiger partial charge in [0.2, 0.25) is 0 Å². The molecule has 1 aliphatic heterocycles. The lowest BCUT2D eigenvalue weighted by atomic mass is 10.1. The third-order valence-electron chi connectivity index (χ3n) is 4.03. The molecular weight excluding hydrogens is 355 g/mol. The van der Waals surface area contributed by atoms with E-state index in [-0.39, 0.29) is 10.6 Å². The maximum atomic E-state index is 11.1. The third kappa shape index (κ3) is 4.19. The van der Waals surface area contributed by atoms with E-state index in [4.69, 9.17) is 9.90 Å². The minimum Gasteiger partial charge on any atom is -0.475 e. The van der Waals surface area contributed by atoms with Crippen molar-refractivity contribution >= 4 is 28.2 Å². The van der Waals surface area contributed by atoms with Crippen molar-refractivity contribution in [2.24, 2.45) is 0 Å². The van der Waals surface area contributed by atoms with E-state index in [1.165, 1.54) is 0 Å². The van der Waals surface area contributed by atoms with Crippen LogP contribution in [-0.2, 0) is 4.79 Å². The molecule has 7 nitrogen and oxygen atoms in total. The predicted molar refractivity (Wildman–Crippen MR) is 88.1 cm³/mol. The number of halogens is 3. The molecule has 140 valence electrons. The fourth-order valence-electron chi connectivity index (χ4n) is 2.82. The van der Waals surface area contributed by atoms with Crippen molar-refractivity contribution in [3.8, 4) is 0 Å². The van der Waals surface area contributed by atoms with E-state index < -0.39 is 12.1 Å². The summed E-state index contributed by atoms with van der Waals surface area (Å²) in [5, 5.41) is 18.8. The van der Waals surface area contributed by atoms with Crippen LogP contribution in [0.4, 0.5) is 24.5 Å². The summed E-state index contributed by atoms with van der Waals surface area (Å²) in [6.07, 6.45) is -1.08. The maximum Gasteiger partial charge on any atom is 0.490 e. The van der Waals surface area contributed by atoms with Crippen LogP contribution < -0.4 is 4.90 Å². The number of carbonyl (C=O) groups is 1. The van der Waals surface area contributed by atoms with Crippen molar-refractivity contribution in [1.82, 2.24) is 4.98 Å². The number of hydrogen-bond donors (Lipinski definition) is 1. The number of aliphatic carboxylic acids is 1. The lowest BCUT2D eigenvalue weighted by Crippen LogP contribution is -2.26. The highest BCUT2D eigenvalue weighted by Gasteiger charge is 2.38. The first-order valence-corrected chi connectivity index (χ1v) is 7.71. The Bertz CT molecular complexity index is 826. The van der Waals surface area contributed by atoms with Gasteiger partial charge < -0.3 is 10.0 Å². The number of non-ortho nitro benzene ring substituents is 1. The lowest BCUT2D eigenvalue weighted by molar-refractivity contribution is -0.383. The number of alkyl halides is 3. The second-order valence-electron chi connectivity index (χ2n) is 5.75. The Kier molecular flexibility index (Phi) is 5.63. The van der Waals surface area contributed by atoms with Crippen LogP contribution in [0.15, 0.2) is 30.5 Å². The van der Waals surface area contributed by atoms with Gasteiger partial charge >= 0.3 is 12.1 Å². The fourth-order valence-corrected chi connectivity index (χ4v) is 2.82. The Morgan fingerprint density at radius 1 is 1.38 bits per heavy atom. The molecule has 0 amide bonds. The van der Waals surface area contributed by atoms with Gasteiger partial charge in [0.15, 0.2) is 0 Å². The molecule has 1 N–H and O–H groups in total. The summed E-state index contributed by atoms with van der Waals surface area (Å²) in [4.78, 5) is 26.3. The molecule has 1 atom stereocenters. The van der Waals surface area contributed by atoms with Gasteiger partial charge in [-0.3, -0.25) is 15.1 Å². The number of nitro benzene ring substituents is 1. The first-order chi connectivity index (χ1) is 12.1. The average molecular weight is 371 g/mol. The van der Waals surface area contributed by atoms with Crippen LogP contribution in [0.3, 0.4) is 0 Å². The molecule has 3 rings (SSSR count). The lowest BCUT2D eigenvalue weighted by Gasteiger charge is -2.24. The summed E-state index contributed by atoms with van der Waals surface area (Å²) in [6.45, 7) is 3.17. The standard InChI is InChI=1S/C14H15N3O2.C2HF3O2/c1-10-4-3-9-16(10)13-7-6-12(17(18)19)11-5-2-8-15-14(11)13;3-2(4,5)1(6)7/h2,5-8,10H,3-4,9H2,1H3;(H,6,7)/t10-;/m0./s1. The van der Waals surface area contributed by atoms with Gasteiger partial charge in [0.05, 0.1) is 16.0 Å². The van der Waals surface area contributed by atoms with Crippen molar-refractivity contribution in [3.63, 3.8) is 0 Å². The van der Waals surface area contributed by atoms with Crippen molar-refractivity contribution < 1.29 is 28.0 Å². The minimum absolute atomic E-state index is 0.124. The highest BCUT2D eigenvalue weighted by atomic mass is 19.4. The van der Waals surface area contributed by atoms with Crippen LogP contribution in [0, 0.1) is 10.1 Å². The Labute approximate surface area is 146 Å². The van der Waals surface area contributed by atoms with Gasteiger partial charge in [-0.1, -0.05) is 0 Å². The monoisotopic (exact) mass is 371 g/mol. The molecule has 0 spiro atoms. The Hall–Kier alpha value is -2.91. The number of pyridine rings is 1. The molecular formula is C16H16F3N3O4. The SMILES string of the molecule is C[C@H]1CCCN1c1ccc([N+](=O)[O-])c2cccnc12.O=C(O)C(F)(F)F. The molecule has 1 aromatic carbocycles. The highest BCUT2D eigenvalue weighted by molar-refractivity contribution is 5.97. The zero-order chi connectivity index (χ0) is 19.5. The normalized spacial score (nSPS) is 16.9. The number of nitrogens with zero attached hydrogens (tertiary/aromatic N) is 3. The van der Waals surface area contributed by atoms with Crippen molar-refractivity contribution in [2.75, 3.05) is 11.4 Å². The maximum absolute atomic E-state index is 11.1. The summed E-state index contributed by atoms with van der Waals surface area (Å²) in [5.41, 5.74) is 1.86. The largest absolute Gasteiger partial charge is 0.490 e. The molecule has 2 heterocycles. The van der Waals surface area contributed by atoms with Crippen LogP contribution >= 0.6 is 0 Å². The van der Waals surface area contributed by atoms with Crippen LogP contribution in [0.2, 0.25) is 0 Å². The molecule has 0 radical (unpaired) electrons. The number of hydrogen-bond acceptors (Lipinski definition) is 5. The number of benzene rings is 1. The summed E-state index contributed by atoms with van der Waals surface area (Å²) in [5.74, 6) is -2.76. The second kappa shape index (κ2) is 7.54. The van der Waals surface area contributed by atoms with Crippen LogP contribution in [0.5, 0.6) is 0 Å². The smallest absolute Gasteiger partial charge is 0.475 e. The van der Waals surface area contributed by atoms with Crippen molar-refractivity contribution in [3.05, 3.63) is 40.6 Å². The first-order valence-electron chi connectivity index (χ1n) is 7.71.